The van der Waals surface area contributed by atoms with Gasteiger partial charge in [-0.25, -0.2) is 0 Å². The molecular weight excluding hydrogens is 280 g/mol. The van der Waals surface area contributed by atoms with Crippen molar-refractivity contribution in [3.8, 4) is 0 Å². The molecule has 2 aromatic rings. The standard InChI is InChI=1S/C22H24O/c1-15(2)13-20-21(14-23)22(20,18-9-5-16(3)6-10-18)19-11-7-17(4)8-12-19/h5-12,21,23H,14H2,1-4H3. The van der Waals surface area contributed by atoms with Gasteiger partial charge in [0.25, 0.3) is 0 Å². The molecule has 118 valence electrons. The van der Waals surface area contributed by atoms with E-state index in [1.807, 2.05) is 0 Å². The van der Waals surface area contributed by atoms with Gasteiger partial charge in [-0.15, -0.1) is 5.73 Å². The second kappa shape index (κ2) is 5.85. The van der Waals surface area contributed by atoms with Crippen LogP contribution in [0.15, 0.2) is 65.4 Å². The summed E-state index contributed by atoms with van der Waals surface area (Å²) < 4.78 is 0. The molecule has 0 aromatic heterocycles. The Kier molecular flexibility index (Phi) is 4.02. The Balaban J connectivity index is 2.25. The van der Waals surface area contributed by atoms with Crippen LogP contribution in [0, 0.1) is 19.8 Å². The lowest BCUT2D eigenvalue weighted by molar-refractivity contribution is 0.270. The fourth-order valence-corrected chi connectivity index (χ4v) is 3.59. The maximum absolute atomic E-state index is 9.99. The Bertz CT molecular complexity index is 722. The molecule has 0 aliphatic heterocycles. The van der Waals surface area contributed by atoms with E-state index in [-0.39, 0.29) is 17.9 Å². The zero-order valence-electron chi connectivity index (χ0n) is 14.4. The SMILES string of the molecule is CC(C)=C=C1C(CO)C1(c1ccc(C)cc1)c1ccc(C)cc1. The normalized spacial score (nSPS) is 18.5. The van der Waals surface area contributed by atoms with E-state index < -0.39 is 0 Å². The van der Waals surface area contributed by atoms with Crippen molar-refractivity contribution in [1.82, 2.24) is 0 Å². The van der Waals surface area contributed by atoms with Gasteiger partial charge in [-0.2, -0.15) is 0 Å². The van der Waals surface area contributed by atoms with Crippen molar-refractivity contribution in [2.24, 2.45) is 5.92 Å². The zero-order valence-corrected chi connectivity index (χ0v) is 14.4. The average molecular weight is 304 g/mol. The molecule has 2 aromatic carbocycles. The van der Waals surface area contributed by atoms with E-state index in [0.717, 1.165) is 5.57 Å². The summed E-state index contributed by atoms with van der Waals surface area (Å²) in [6, 6.07) is 17.4. The number of rotatable bonds is 3. The topological polar surface area (TPSA) is 20.2 Å². The third-order valence-electron chi connectivity index (χ3n) is 4.79. The van der Waals surface area contributed by atoms with E-state index in [0.29, 0.717) is 0 Å². The van der Waals surface area contributed by atoms with Crippen molar-refractivity contribution < 1.29 is 5.11 Å². The van der Waals surface area contributed by atoms with Gasteiger partial charge >= 0.3 is 0 Å². The molecule has 1 nitrogen and oxygen atoms in total. The van der Waals surface area contributed by atoms with Crippen LogP contribution in [-0.2, 0) is 5.41 Å². The molecule has 1 atom stereocenters. The highest BCUT2D eigenvalue weighted by Crippen LogP contribution is 2.63. The molecule has 0 radical (unpaired) electrons. The fourth-order valence-electron chi connectivity index (χ4n) is 3.59. The molecule has 3 rings (SSSR count). The third-order valence-corrected chi connectivity index (χ3v) is 4.79. The van der Waals surface area contributed by atoms with Crippen LogP contribution in [0.3, 0.4) is 0 Å². The van der Waals surface area contributed by atoms with Gasteiger partial charge in [-0.1, -0.05) is 59.7 Å². The highest BCUT2D eigenvalue weighted by Gasteiger charge is 2.61. The highest BCUT2D eigenvalue weighted by molar-refractivity contribution is 5.63. The third kappa shape index (κ3) is 2.57. The number of benzene rings is 2. The van der Waals surface area contributed by atoms with E-state index in [9.17, 15) is 5.11 Å². The number of aliphatic hydroxyl groups excluding tert-OH is 1. The van der Waals surface area contributed by atoms with E-state index in [1.165, 1.54) is 27.8 Å². The van der Waals surface area contributed by atoms with Crippen molar-refractivity contribution in [2.45, 2.75) is 33.1 Å². The highest BCUT2D eigenvalue weighted by atomic mass is 16.3. The summed E-state index contributed by atoms with van der Waals surface area (Å²) in [6.07, 6.45) is 0. The molecule has 0 bridgehead atoms. The van der Waals surface area contributed by atoms with E-state index >= 15 is 0 Å². The number of hydrogen-bond donors (Lipinski definition) is 1. The van der Waals surface area contributed by atoms with Crippen LogP contribution in [-0.4, -0.2) is 11.7 Å². The summed E-state index contributed by atoms with van der Waals surface area (Å²) in [6.45, 7) is 8.48. The first-order chi connectivity index (χ1) is 11.0. The first kappa shape index (κ1) is 15.8. The van der Waals surface area contributed by atoms with Gasteiger partial charge in [-0.05, 0) is 50.0 Å². The minimum Gasteiger partial charge on any atom is -0.396 e. The molecule has 1 aliphatic rings. The summed E-state index contributed by atoms with van der Waals surface area (Å²) in [4.78, 5) is 0. The molecule has 0 spiro atoms. The first-order valence-corrected chi connectivity index (χ1v) is 8.19. The number of hydrogen-bond acceptors (Lipinski definition) is 1. The largest absolute Gasteiger partial charge is 0.396 e. The smallest absolute Gasteiger partial charge is 0.0583 e. The van der Waals surface area contributed by atoms with Crippen LogP contribution in [0.4, 0.5) is 0 Å². The van der Waals surface area contributed by atoms with Crippen LogP contribution >= 0.6 is 0 Å². The molecule has 1 aliphatic carbocycles. The van der Waals surface area contributed by atoms with Gasteiger partial charge in [0.1, 0.15) is 0 Å². The van der Waals surface area contributed by atoms with Crippen LogP contribution in [0.25, 0.3) is 0 Å². The summed E-state index contributed by atoms with van der Waals surface area (Å²) in [5.41, 5.74) is 10.6. The van der Waals surface area contributed by atoms with Gasteiger partial charge in [0, 0.05) is 5.92 Å². The Morgan fingerprint density at radius 2 is 1.35 bits per heavy atom. The van der Waals surface area contributed by atoms with E-state index in [4.69, 9.17) is 0 Å². The summed E-state index contributed by atoms with van der Waals surface area (Å²) >= 11 is 0. The van der Waals surface area contributed by atoms with Crippen LogP contribution in [0.5, 0.6) is 0 Å². The maximum Gasteiger partial charge on any atom is 0.0583 e. The Morgan fingerprint density at radius 1 is 0.913 bits per heavy atom. The number of aryl methyl sites for hydroxylation is 2. The predicted octanol–water partition coefficient (Wildman–Crippen LogP) is 4.70. The summed E-state index contributed by atoms with van der Waals surface area (Å²) in [5.74, 6) is 0.114. The predicted molar refractivity (Wildman–Crippen MR) is 95.6 cm³/mol. The quantitative estimate of drug-likeness (QED) is 0.815. The molecule has 1 saturated carbocycles. The Hall–Kier alpha value is -2.08. The molecule has 0 amide bonds. The second-order valence-corrected chi connectivity index (χ2v) is 6.81. The monoisotopic (exact) mass is 304 g/mol. The van der Waals surface area contributed by atoms with Crippen LogP contribution < -0.4 is 0 Å². The van der Waals surface area contributed by atoms with Gasteiger partial charge in [-0.3, -0.25) is 0 Å². The van der Waals surface area contributed by atoms with Gasteiger partial charge in [0.2, 0.25) is 0 Å². The molecule has 1 unspecified atom stereocenters. The van der Waals surface area contributed by atoms with E-state index in [1.54, 1.807) is 0 Å². The van der Waals surface area contributed by atoms with Crippen molar-refractivity contribution in [1.29, 1.82) is 0 Å². The van der Waals surface area contributed by atoms with Crippen LogP contribution in [0.2, 0.25) is 0 Å². The minimum absolute atomic E-state index is 0.114. The first-order valence-electron chi connectivity index (χ1n) is 8.19. The molecule has 0 saturated heterocycles. The molecular formula is C22H24O. The van der Waals surface area contributed by atoms with Gasteiger partial charge < -0.3 is 5.11 Å². The Labute approximate surface area is 139 Å². The molecule has 1 heteroatoms. The summed E-state index contributed by atoms with van der Waals surface area (Å²) in [7, 11) is 0. The fraction of sp³-hybridized carbons (Fsp3) is 0.318. The lowest BCUT2D eigenvalue weighted by atomic mass is 9.84. The zero-order chi connectivity index (χ0) is 16.6. The lowest BCUT2D eigenvalue weighted by Gasteiger charge is -2.18. The Morgan fingerprint density at radius 3 is 1.70 bits per heavy atom. The van der Waals surface area contributed by atoms with Crippen molar-refractivity contribution in [2.75, 3.05) is 6.61 Å². The van der Waals surface area contributed by atoms with Crippen molar-refractivity contribution in [3.05, 3.63) is 87.7 Å². The van der Waals surface area contributed by atoms with Crippen molar-refractivity contribution >= 4 is 0 Å². The molecule has 23 heavy (non-hydrogen) atoms. The lowest BCUT2D eigenvalue weighted by Crippen LogP contribution is -2.14. The van der Waals surface area contributed by atoms with Crippen LogP contribution in [0.1, 0.15) is 36.1 Å². The second-order valence-electron chi connectivity index (χ2n) is 6.81. The van der Waals surface area contributed by atoms with Gasteiger partial charge in [0.05, 0.1) is 12.0 Å². The maximum atomic E-state index is 9.99. The minimum atomic E-state index is -0.229. The number of aliphatic hydroxyl groups is 1. The molecule has 1 N–H and O–H groups in total. The van der Waals surface area contributed by atoms with Gasteiger partial charge in [0.15, 0.2) is 0 Å². The van der Waals surface area contributed by atoms with E-state index in [2.05, 4.69) is 82.0 Å². The van der Waals surface area contributed by atoms with Crippen molar-refractivity contribution in [3.63, 3.8) is 0 Å². The molecule has 0 heterocycles. The summed E-state index contributed by atoms with van der Waals surface area (Å²) in [5, 5.41) is 9.99. The average Bonchev–Trinajstić information content (AvgIpc) is 3.15. The molecule has 1 fully saturated rings.